The van der Waals surface area contributed by atoms with Crippen LogP contribution in [0.5, 0.6) is 0 Å². The number of carbonyl (C=O) groups is 2. The number of hydrogen-bond acceptors (Lipinski definition) is 3. The maximum atomic E-state index is 13.5. The van der Waals surface area contributed by atoms with Crippen LogP contribution in [-0.2, 0) is 22.6 Å². The highest BCUT2D eigenvalue weighted by Crippen LogP contribution is 2.60. The Labute approximate surface area is 195 Å². The Kier molecular flexibility index (Phi) is 4.93. The molecule has 0 radical (unpaired) electrons. The average Bonchev–Trinajstić information content (AvgIpc) is 3.21. The number of anilines is 1. The van der Waals surface area contributed by atoms with Crippen LogP contribution in [-0.4, -0.2) is 23.3 Å². The third-order valence-corrected chi connectivity index (χ3v) is 8.60. The summed E-state index contributed by atoms with van der Waals surface area (Å²) < 4.78 is 6.19. The Balaban J connectivity index is 1.19. The fourth-order valence-corrected chi connectivity index (χ4v) is 7.43. The Morgan fingerprint density at radius 2 is 1.76 bits per heavy atom. The predicted octanol–water partition coefficient (Wildman–Crippen LogP) is 5.64. The summed E-state index contributed by atoms with van der Waals surface area (Å²) in [5, 5.41) is 3.27. The summed E-state index contributed by atoms with van der Waals surface area (Å²) in [6, 6.07) is 10.1. The summed E-state index contributed by atoms with van der Waals surface area (Å²) in [4.78, 5) is 27.8. The van der Waals surface area contributed by atoms with Crippen LogP contribution in [0.15, 0.2) is 34.7 Å². The van der Waals surface area contributed by atoms with Crippen molar-refractivity contribution in [1.82, 2.24) is 4.90 Å². The lowest BCUT2D eigenvalue weighted by Crippen LogP contribution is -2.51. The first kappa shape index (κ1) is 21.0. The molecule has 33 heavy (non-hydrogen) atoms. The van der Waals surface area contributed by atoms with Crippen molar-refractivity contribution < 1.29 is 14.0 Å². The highest BCUT2D eigenvalue weighted by atomic mass is 16.3. The zero-order chi connectivity index (χ0) is 22.7. The quantitative estimate of drug-likeness (QED) is 0.661. The molecule has 2 amide bonds. The predicted molar refractivity (Wildman–Crippen MR) is 127 cm³/mol. The van der Waals surface area contributed by atoms with Gasteiger partial charge in [0.05, 0.1) is 5.41 Å². The topological polar surface area (TPSA) is 62.6 Å². The van der Waals surface area contributed by atoms with E-state index in [-0.39, 0.29) is 23.1 Å². The van der Waals surface area contributed by atoms with E-state index < -0.39 is 0 Å². The van der Waals surface area contributed by atoms with Crippen molar-refractivity contribution in [2.75, 3.05) is 11.9 Å². The number of benzene rings is 1. The molecule has 2 aromatic rings. The summed E-state index contributed by atoms with van der Waals surface area (Å²) in [6.45, 7) is 5.21. The van der Waals surface area contributed by atoms with Gasteiger partial charge in [-0.3, -0.25) is 9.59 Å². The number of fused-ring (bicyclic) bond motifs is 1. The van der Waals surface area contributed by atoms with Crippen molar-refractivity contribution in [1.29, 1.82) is 0 Å². The minimum Gasteiger partial charge on any atom is -0.461 e. The molecular formula is C28H34N2O3. The van der Waals surface area contributed by atoms with E-state index in [1.165, 1.54) is 19.3 Å². The Morgan fingerprint density at radius 1 is 1.06 bits per heavy atom. The maximum absolute atomic E-state index is 13.5. The lowest BCUT2D eigenvalue weighted by atomic mass is 9.49. The molecule has 1 aromatic carbocycles. The van der Waals surface area contributed by atoms with E-state index in [4.69, 9.17) is 4.42 Å². The number of carbonyl (C=O) groups excluding carboxylic acids is 2. The molecule has 5 aliphatic rings. The molecule has 4 fully saturated rings. The second kappa shape index (κ2) is 7.75. The Hall–Kier alpha value is -2.56. The van der Waals surface area contributed by atoms with Gasteiger partial charge in [-0.1, -0.05) is 26.0 Å². The maximum Gasteiger partial charge on any atom is 0.230 e. The lowest BCUT2D eigenvalue weighted by molar-refractivity contribution is -0.140. The van der Waals surface area contributed by atoms with Gasteiger partial charge in [-0.05, 0) is 74.5 Å². The third-order valence-electron chi connectivity index (χ3n) is 8.60. The van der Waals surface area contributed by atoms with Gasteiger partial charge in [-0.2, -0.15) is 0 Å². The van der Waals surface area contributed by atoms with Crippen molar-refractivity contribution in [2.45, 2.75) is 65.3 Å². The van der Waals surface area contributed by atoms with Gasteiger partial charge in [0.15, 0.2) is 0 Å². The minimum absolute atomic E-state index is 0.00665. The summed E-state index contributed by atoms with van der Waals surface area (Å²) in [5.74, 6) is 4.47. The van der Waals surface area contributed by atoms with Gasteiger partial charge < -0.3 is 14.6 Å². The lowest BCUT2D eigenvalue weighted by Gasteiger charge is -2.55. The number of nitrogens with one attached hydrogen (secondary N) is 1. The van der Waals surface area contributed by atoms with E-state index in [0.717, 1.165) is 71.8 Å². The third kappa shape index (κ3) is 3.70. The Morgan fingerprint density at radius 3 is 2.42 bits per heavy atom. The van der Waals surface area contributed by atoms with Gasteiger partial charge in [0.1, 0.15) is 11.5 Å². The minimum atomic E-state index is -0.152. The summed E-state index contributed by atoms with van der Waals surface area (Å²) in [5.41, 5.74) is 2.75. The summed E-state index contributed by atoms with van der Waals surface area (Å²) >= 11 is 0. The zero-order valence-electron chi connectivity index (χ0n) is 19.7. The highest BCUT2D eigenvalue weighted by Gasteiger charge is 2.54. The molecule has 1 N–H and O–H groups in total. The van der Waals surface area contributed by atoms with Gasteiger partial charge in [0.2, 0.25) is 11.8 Å². The number of hydrogen-bond donors (Lipinski definition) is 1. The molecule has 0 spiro atoms. The molecule has 0 unspecified atom stereocenters. The smallest absolute Gasteiger partial charge is 0.230 e. The van der Waals surface area contributed by atoms with E-state index in [1.54, 1.807) is 0 Å². The Bertz CT molecular complexity index is 1060. The van der Waals surface area contributed by atoms with Crippen LogP contribution >= 0.6 is 0 Å². The molecule has 0 atom stereocenters. The largest absolute Gasteiger partial charge is 0.461 e. The van der Waals surface area contributed by atoms with Crippen molar-refractivity contribution in [3.8, 4) is 11.3 Å². The number of amides is 2. The SMILES string of the molecule is CC(C)C(=O)N1CCc2oc(-c3cccc(NC(=O)C45CC6CC(CC(C6)C4)C5)c3)cc2C1. The first-order valence-electron chi connectivity index (χ1n) is 12.7. The molecule has 0 saturated heterocycles. The molecule has 5 nitrogen and oxygen atoms in total. The van der Waals surface area contributed by atoms with E-state index in [0.29, 0.717) is 13.1 Å². The van der Waals surface area contributed by atoms with Crippen LogP contribution in [0.1, 0.15) is 63.7 Å². The van der Waals surface area contributed by atoms with E-state index >= 15 is 0 Å². The molecule has 1 aromatic heterocycles. The molecule has 1 aliphatic heterocycles. The number of rotatable bonds is 4. The van der Waals surface area contributed by atoms with E-state index in [2.05, 4.69) is 11.4 Å². The average molecular weight is 447 g/mol. The number of furan rings is 1. The van der Waals surface area contributed by atoms with Crippen LogP contribution < -0.4 is 5.32 Å². The van der Waals surface area contributed by atoms with Crippen molar-refractivity contribution >= 4 is 17.5 Å². The first-order chi connectivity index (χ1) is 15.9. The van der Waals surface area contributed by atoms with Crippen molar-refractivity contribution in [3.63, 3.8) is 0 Å². The van der Waals surface area contributed by atoms with Crippen LogP contribution in [0.4, 0.5) is 5.69 Å². The van der Waals surface area contributed by atoms with Gasteiger partial charge in [0.25, 0.3) is 0 Å². The first-order valence-corrected chi connectivity index (χ1v) is 12.7. The normalized spacial score (nSPS) is 29.9. The molecule has 4 saturated carbocycles. The van der Waals surface area contributed by atoms with Crippen molar-refractivity contribution in [3.05, 3.63) is 41.7 Å². The second-order valence-electron chi connectivity index (χ2n) is 11.5. The van der Waals surface area contributed by atoms with Crippen LogP contribution in [0.3, 0.4) is 0 Å². The van der Waals surface area contributed by atoms with Gasteiger partial charge in [0, 0.05) is 42.2 Å². The molecule has 2 heterocycles. The molecule has 4 bridgehead atoms. The zero-order valence-corrected chi connectivity index (χ0v) is 19.7. The van der Waals surface area contributed by atoms with E-state index in [1.807, 2.05) is 43.0 Å². The number of nitrogens with zero attached hydrogens (tertiary/aromatic N) is 1. The summed E-state index contributed by atoms with van der Waals surface area (Å²) in [7, 11) is 0. The van der Waals surface area contributed by atoms with Crippen molar-refractivity contribution in [2.24, 2.45) is 29.1 Å². The van der Waals surface area contributed by atoms with Gasteiger partial charge in [-0.25, -0.2) is 0 Å². The molecular weight excluding hydrogens is 412 g/mol. The fraction of sp³-hybridized carbons (Fsp3) is 0.571. The molecule has 174 valence electrons. The van der Waals surface area contributed by atoms with Gasteiger partial charge >= 0.3 is 0 Å². The standard InChI is InChI=1S/C28H34N2O3/c1-17(2)26(31)30-7-6-24-22(16-30)12-25(33-24)21-4-3-5-23(11-21)29-27(32)28-13-18-8-19(14-28)10-20(9-18)15-28/h3-5,11-12,17-20H,6-10,13-16H2,1-2H3,(H,29,32). The van der Waals surface area contributed by atoms with Crippen LogP contribution in [0, 0.1) is 29.1 Å². The molecule has 5 heteroatoms. The molecule has 7 rings (SSSR count). The highest BCUT2D eigenvalue weighted by molar-refractivity contribution is 5.96. The molecule has 4 aliphatic carbocycles. The second-order valence-corrected chi connectivity index (χ2v) is 11.5. The van der Waals surface area contributed by atoms with Crippen LogP contribution in [0.2, 0.25) is 0 Å². The monoisotopic (exact) mass is 446 g/mol. The van der Waals surface area contributed by atoms with E-state index in [9.17, 15) is 9.59 Å². The fourth-order valence-electron chi connectivity index (χ4n) is 7.43. The van der Waals surface area contributed by atoms with Crippen LogP contribution in [0.25, 0.3) is 11.3 Å². The van der Waals surface area contributed by atoms with Gasteiger partial charge in [-0.15, -0.1) is 0 Å². The summed E-state index contributed by atoms with van der Waals surface area (Å²) in [6.07, 6.45) is 7.97.